The van der Waals surface area contributed by atoms with Gasteiger partial charge in [-0.25, -0.2) is 9.59 Å². The number of carbonyl (C=O) groups excluding carboxylic acids is 1. The number of amides is 2. The Morgan fingerprint density at radius 2 is 2.15 bits per heavy atom. The lowest BCUT2D eigenvalue weighted by atomic mass is 10.00. The molecule has 1 atom stereocenters. The Bertz CT molecular complexity index is 384. The van der Waals surface area contributed by atoms with Gasteiger partial charge < -0.3 is 15.3 Å². The molecule has 2 fully saturated rings. The van der Waals surface area contributed by atoms with Gasteiger partial charge in [-0.15, -0.1) is 0 Å². The van der Waals surface area contributed by atoms with Crippen LogP contribution in [0.3, 0.4) is 0 Å². The Kier molecular flexibility index (Phi) is 4.52. The van der Waals surface area contributed by atoms with Crippen LogP contribution < -0.4 is 5.32 Å². The topological polar surface area (TPSA) is 72.9 Å². The maximum atomic E-state index is 12.2. The van der Waals surface area contributed by atoms with Crippen LogP contribution in [0.1, 0.15) is 39.5 Å². The highest BCUT2D eigenvalue weighted by Gasteiger charge is 2.45. The molecule has 1 saturated heterocycles. The Morgan fingerprint density at radius 1 is 1.45 bits per heavy atom. The molecule has 1 unspecified atom stereocenters. The highest BCUT2D eigenvalue weighted by atomic mass is 16.4. The number of carboxylic acid groups (broad SMARTS) is 1. The van der Waals surface area contributed by atoms with E-state index in [-0.39, 0.29) is 6.03 Å². The van der Waals surface area contributed by atoms with Crippen molar-refractivity contribution in [1.82, 2.24) is 15.1 Å². The lowest BCUT2D eigenvalue weighted by Crippen LogP contribution is -2.54. The van der Waals surface area contributed by atoms with Crippen LogP contribution in [0.2, 0.25) is 0 Å². The van der Waals surface area contributed by atoms with Gasteiger partial charge in [-0.3, -0.25) is 4.90 Å². The zero-order chi connectivity index (χ0) is 14.8. The van der Waals surface area contributed by atoms with Crippen molar-refractivity contribution in [2.24, 2.45) is 0 Å². The van der Waals surface area contributed by atoms with Crippen molar-refractivity contribution in [3.63, 3.8) is 0 Å². The number of urea groups is 1. The summed E-state index contributed by atoms with van der Waals surface area (Å²) in [5.41, 5.74) is -1.05. The summed E-state index contributed by atoms with van der Waals surface area (Å²) < 4.78 is 0. The molecule has 0 aromatic rings. The number of carboxylic acids is 1. The van der Waals surface area contributed by atoms with Crippen molar-refractivity contribution in [3.05, 3.63) is 0 Å². The number of likely N-dealkylation sites (N-methyl/N-ethyl adjacent to an activating group) is 1. The molecule has 114 valence electrons. The van der Waals surface area contributed by atoms with E-state index in [1.54, 1.807) is 6.92 Å². The highest BCUT2D eigenvalue weighted by molar-refractivity contribution is 5.86. The first-order valence-corrected chi connectivity index (χ1v) is 7.52. The van der Waals surface area contributed by atoms with Gasteiger partial charge >= 0.3 is 12.0 Å². The fourth-order valence-corrected chi connectivity index (χ4v) is 2.95. The number of aliphatic carboxylic acids is 1. The maximum Gasteiger partial charge on any atom is 0.329 e. The number of hydrogen-bond acceptors (Lipinski definition) is 3. The van der Waals surface area contributed by atoms with Gasteiger partial charge in [-0.1, -0.05) is 6.92 Å². The molecule has 0 spiro atoms. The number of nitrogens with zero attached hydrogens (tertiary/aromatic N) is 2. The Hall–Kier alpha value is -1.30. The third kappa shape index (κ3) is 3.06. The number of nitrogens with one attached hydrogen (secondary N) is 1. The first kappa shape index (κ1) is 15.1. The molecule has 2 rings (SSSR count). The third-order valence-corrected chi connectivity index (χ3v) is 4.49. The molecule has 2 N–H and O–H groups in total. The van der Waals surface area contributed by atoms with Crippen molar-refractivity contribution in [2.45, 2.75) is 51.1 Å². The van der Waals surface area contributed by atoms with Crippen LogP contribution in [0, 0.1) is 0 Å². The van der Waals surface area contributed by atoms with Gasteiger partial charge in [0.05, 0.1) is 0 Å². The molecule has 0 bridgehead atoms. The van der Waals surface area contributed by atoms with Crippen molar-refractivity contribution in [1.29, 1.82) is 0 Å². The fourth-order valence-electron chi connectivity index (χ4n) is 2.95. The monoisotopic (exact) mass is 283 g/mol. The molecule has 20 heavy (non-hydrogen) atoms. The summed E-state index contributed by atoms with van der Waals surface area (Å²) in [4.78, 5) is 27.3. The average molecular weight is 283 g/mol. The molecule has 6 heteroatoms. The third-order valence-electron chi connectivity index (χ3n) is 4.49. The minimum atomic E-state index is -1.05. The lowest BCUT2D eigenvalue weighted by molar-refractivity contribution is -0.147. The van der Waals surface area contributed by atoms with Crippen LogP contribution in [-0.2, 0) is 4.79 Å². The van der Waals surface area contributed by atoms with Crippen LogP contribution in [0.15, 0.2) is 0 Å². The predicted molar refractivity (Wildman–Crippen MR) is 75.6 cm³/mol. The average Bonchev–Trinajstić information content (AvgIpc) is 3.16. The summed E-state index contributed by atoms with van der Waals surface area (Å²) in [6, 6.07) is 0.437. The molecule has 1 aliphatic carbocycles. The SMILES string of the molecule is CCN(CCNC(=O)N1CCCC1(C)C(=O)O)C1CC1. The molecule has 1 heterocycles. The summed E-state index contributed by atoms with van der Waals surface area (Å²) in [5.74, 6) is -0.918. The maximum absolute atomic E-state index is 12.2. The quantitative estimate of drug-likeness (QED) is 0.766. The van der Waals surface area contributed by atoms with E-state index in [1.165, 1.54) is 17.7 Å². The van der Waals surface area contributed by atoms with Crippen molar-refractivity contribution in [3.8, 4) is 0 Å². The van der Waals surface area contributed by atoms with E-state index in [1.807, 2.05) is 0 Å². The molecule has 1 aliphatic heterocycles. The minimum absolute atomic E-state index is 0.251. The van der Waals surface area contributed by atoms with Crippen LogP contribution in [0.4, 0.5) is 4.79 Å². The summed E-state index contributed by atoms with van der Waals surface area (Å²) in [6.45, 7) is 6.69. The van der Waals surface area contributed by atoms with Crippen LogP contribution in [0.5, 0.6) is 0 Å². The van der Waals surface area contributed by atoms with Gasteiger partial charge in [0.25, 0.3) is 0 Å². The molecule has 0 aromatic heterocycles. The minimum Gasteiger partial charge on any atom is -0.480 e. The van der Waals surface area contributed by atoms with E-state index in [9.17, 15) is 14.7 Å². The normalized spacial score (nSPS) is 26.1. The summed E-state index contributed by atoms with van der Waals surface area (Å²) in [6.07, 6.45) is 3.79. The Balaban J connectivity index is 1.80. The van der Waals surface area contributed by atoms with Crippen molar-refractivity contribution in [2.75, 3.05) is 26.2 Å². The zero-order valence-corrected chi connectivity index (χ0v) is 12.4. The molecule has 0 radical (unpaired) electrons. The van der Waals surface area contributed by atoms with E-state index in [4.69, 9.17) is 0 Å². The highest BCUT2D eigenvalue weighted by Crippen LogP contribution is 2.29. The molecular weight excluding hydrogens is 258 g/mol. The molecule has 2 aliphatic rings. The van der Waals surface area contributed by atoms with E-state index < -0.39 is 11.5 Å². The van der Waals surface area contributed by atoms with Gasteiger partial charge in [-0.2, -0.15) is 0 Å². The molecule has 2 amide bonds. The van der Waals surface area contributed by atoms with Crippen LogP contribution >= 0.6 is 0 Å². The second-order valence-electron chi connectivity index (χ2n) is 5.93. The molecule has 0 aromatic carbocycles. The first-order valence-electron chi connectivity index (χ1n) is 7.52. The standard InChI is InChI=1S/C14H25N3O3/c1-3-16(11-5-6-11)10-8-15-13(20)17-9-4-7-14(17,2)12(18)19/h11H,3-10H2,1-2H3,(H,15,20)(H,18,19). The zero-order valence-electron chi connectivity index (χ0n) is 12.4. The predicted octanol–water partition coefficient (Wildman–Crippen LogP) is 1.12. The Labute approximate surface area is 120 Å². The lowest BCUT2D eigenvalue weighted by Gasteiger charge is -2.31. The smallest absolute Gasteiger partial charge is 0.329 e. The molecule has 1 saturated carbocycles. The largest absolute Gasteiger partial charge is 0.480 e. The number of rotatable bonds is 6. The van der Waals surface area contributed by atoms with E-state index in [0.717, 1.165) is 19.5 Å². The van der Waals surface area contributed by atoms with Crippen molar-refractivity contribution >= 4 is 12.0 Å². The van der Waals surface area contributed by atoms with Crippen LogP contribution in [-0.4, -0.2) is 64.7 Å². The van der Waals surface area contributed by atoms with E-state index in [2.05, 4.69) is 17.1 Å². The second kappa shape index (κ2) is 5.99. The number of carbonyl (C=O) groups is 2. The van der Waals surface area contributed by atoms with Gasteiger partial charge in [0.1, 0.15) is 5.54 Å². The molecule has 6 nitrogen and oxygen atoms in total. The van der Waals surface area contributed by atoms with Gasteiger partial charge in [0, 0.05) is 25.7 Å². The fraction of sp³-hybridized carbons (Fsp3) is 0.857. The number of likely N-dealkylation sites (tertiary alicyclic amines) is 1. The summed E-state index contributed by atoms with van der Waals surface area (Å²) in [7, 11) is 0. The van der Waals surface area contributed by atoms with Gasteiger partial charge in [-0.05, 0) is 39.2 Å². The summed E-state index contributed by atoms with van der Waals surface area (Å²) in [5, 5.41) is 12.2. The van der Waals surface area contributed by atoms with E-state index >= 15 is 0 Å². The van der Waals surface area contributed by atoms with Crippen LogP contribution in [0.25, 0.3) is 0 Å². The Morgan fingerprint density at radius 3 is 2.70 bits per heavy atom. The van der Waals surface area contributed by atoms with Crippen molar-refractivity contribution < 1.29 is 14.7 Å². The first-order chi connectivity index (χ1) is 9.49. The van der Waals surface area contributed by atoms with E-state index in [0.29, 0.717) is 25.6 Å². The van der Waals surface area contributed by atoms with Gasteiger partial charge in [0.2, 0.25) is 0 Å². The number of hydrogen-bond donors (Lipinski definition) is 2. The molecular formula is C14H25N3O3. The summed E-state index contributed by atoms with van der Waals surface area (Å²) >= 11 is 0. The van der Waals surface area contributed by atoms with Gasteiger partial charge in [0.15, 0.2) is 0 Å². The second-order valence-corrected chi connectivity index (χ2v) is 5.93.